The molecule has 1 fully saturated rings. The molecule has 7 heteroatoms. The van der Waals surface area contributed by atoms with Crippen LogP contribution in [0.4, 0.5) is 0 Å². The number of hydrogen-bond donors (Lipinski definition) is 2. The van der Waals surface area contributed by atoms with Crippen molar-refractivity contribution >= 4 is 41.5 Å². The van der Waals surface area contributed by atoms with Gasteiger partial charge in [0.2, 0.25) is 5.91 Å². The Hall–Kier alpha value is -0.680. The molecule has 0 radical (unpaired) electrons. The molecule has 1 aromatic carbocycles. The van der Waals surface area contributed by atoms with Gasteiger partial charge in [0, 0.05) is 13.0 Å². The summed E-state index contributed by atoms with van der Waals surface area (Å²) in [5.41, 5.74) is 0. The molecule has 0 bridgehead atoms. The van der Waals surface area contributed by atoms with Crippen LogP contribution in [-0.2, 0) is 4.79 Å². The van der Waals surface area contributed by atoms with Gasteiger partial charge in [-0.1, -0.05) is 29.3 Å². The number of ether oxygens (including phenoxy) is 1. The summed E-state index contributed by atoms with van der Waals surface area (Å²) in [6.45, 7) is 3.40. The molecule has 136 valence electrons. The van der Waals surface area contributed by atoms with Crippen LogP contribution >= 0.6 is 35.6 Å². The number of rotatable bonds is 8. The summed E-state index contributed by atoms with van der Waals surface area (Å²) in [6.07, 6.45) is 4.66. The van der Waals surface area contributed by atoms with E-state index in [0.717, 1.165) is 26.1 Å². The van der Waals surface area contributed by atoms with Gasteiger partial charge in [0.05, 0.1) is 11.6 Å². The lowest BCUT2D eigenvalue weighted by Crippen LogP contribution is -2.33. The average Bonchev–Trinajstić information content (AvgIpc) is 2.56. The second-order valence-corrected chi connectivity index (χ2v) is 6.64. The van der Waals surface area contributed by atoms with Gasteiger partial charge in [-0.25, -0.2) is 0 Å². The first-order valence-electron chi connectivity index (χ1n) is 8.21. The first-order valence-corrected chi connectivity index (χ1v) is 8.96. The fourth-order valence-electron chi connectivity index (χ4n) is 2.68. The molecule has 4 nitrogen and oxygen atoms in total. The Bertz CT molecular complexity index is 509. The topological polar surface area (TPSA) is 50.4 Å². The van der Waals surface area contributed by atoms with Crippen LogP contribution in [0.3, 0.4) is 0 Å². The van der Waals surface area contributed by atoms with Gasteiger partial charge in [-0.2, -0.15) is 0 Å². The molecule has 0 saturated carbocycles. The summed E-state index contributed by atoms with van der Waals surface area (Å²) >= 11 is 12.0. The maximum Gasteiger partial charge on any atom is 0.220 e. The molecule has 1 aliphatic rings. The highest BCUT2D eigenvalue weighted by Gasteiger charge is 2.12. The van der Waals surface area contributed by atoms with Gasteiger partial charge in [0.15, 0.2) is 0 Å². The van der Waals surface area contributed by atoms with E-state index in [2.05, 4.69) is 10.6 Å². The maximum absolute atomic E-state index is 11.8. The Balaban J connectivity index is 0.00000288. The Morgan fingerprint density at radius 2 is 2.21 bits per heavy atom. The Morgan fingerprint density at radius 3 is 2.96 bits per heavy atom. The van der Waals surface area contributed by atoms with Gasteiger partial charge >= 0.3 is 0 Å². The first kappa shape index (κ1) is 21.4. The minimum Gasteiger partial charge on any atom is -0.492 e. The van der Waals surface area contributed by atoms with Gasteiger partial charge in [-0.15, -0.1) is 12.4 Å². The number of carbonyl (C=O) groups excluding carboxylic acids is 1. The van der Waals surface area contributed by atoms with Gasteiger partial charge in [0.1, 0.15) is 10.8 Å². The third-order valence-electron chi connectivity index (χ3n) is 4.00. The van der Waals surface area contributed by atoms with E-state index >= 15 is 0 Å². The van der Waals surface area contributed by atoms with Crippen LogP contribution in [-0.4, -0.2) is 32.1 Å². The molecular weight excluding hydrogens is 371 g/mol. The average molecular weight is 396 g/mol. The number of amides is 1. The molecule has 1 atom stereocenters. The van der Waals surface area contributed by atoms with E-state index in [4.69, 9.17) is 27.9 Å². The van der Waals surface area contributed by atoms with Crippen LogP contribution in [0, 0.1) is 5.92 Å². The molecule has 1 heterocycles. The van der Waals surface area contributed by atoms with E-state index in [1.54, 1.807) is 18.2 Å². The number of hydrogen-bond acceptors (Lipinski definition) is 3. The normalized spacial score (nSPS) is 17.0. The second kappa shape index (κ2) is 11.8. The summed E-state index contributed by atoms with van der Waals surface area (Å²) < 4.78 is 5.56. The largest absolute Gasteiger partial charge is 0.492 e. The number of nitrogens with one attached hydrogen (secondary N) is 2. The molecule has 2 rings (SSSR count). The third kappa shape index (κ3) is 7.47. The Labute approximate surface area is 160 Å². The number of benzene rings is 1. The first-order chi connectivity index (χ1) is 11.2. The van der Waals surface area contributed by atoms with Crippen molar-refractivity contribution in [1.29, 1.82) is 0 Å². The van der Waals surface area contributed by atoms with Crippen molar-refractivity contribution in [2.24, 2.45) is 5.92 Å². The smallest absolute Gasteiger partial charge is 0.220 e. The van der Waals surface area contributed by atoms with E-state index < -0.39 is 0 Å². The number of piperidine rings is 1. The van der Waals surface area contributed by atoms with Crippen LogP contribution in [0.15, 0.2) is 18.2 Å². The minimum atomic E-state index is 0. The van der Waals surface area contributed by atoms with Gasteiger partial charge in [-0.05, 0) is 56.8 Å². The summed E-state index contributed by atoms with van der Waals surface area (Å²) in [5, 5.41) is 7.26. The third-order valence-corrected chi connectivity index (χ3v) is 4.80. The predicted molar refractivity (Wildman–Crippen MR) is 102 cm³/mol. The Morgan fingerprint density at radius 1 is 1.38 bits per heavy atom. The van der Waals surface area contributed by atoms with E-state index in [0.29, 0.717) is 41.2 Å². The molecule has 1 aromatic rings. The van der Waals surface area contributed by atoms with E-state index in [9.17, 15) is 4.79 Å². The highest BCUT2D eigenvalue weighted by molar-refractivity contribution is 6.42. The fourth-order valence-corrected chi connectivity index (χ4v) is 3.03. The van der Waals surface area contributed by atoms with Crippen molar-refractivity contribution in [2.45, 2.75) is 32.1 Å². The zero-order chi connectivity index (χ0) is 16.5. The van der Waals surface area contributed by atoms with Crippen molar-refractivity contribution in [3.05, 3.63) is 28.2 Å². The predicted octanol–water partition coefficient (Wildman–Crippen LogP) is 4.08. The highest BCUT2D eigenvalue weighted by Crippen LogP contribution is 2.31. The molecule has 1 aliphatic heterocycles. The molecule has 1 saturated heterocycles. The number of carbonyl (C=O) groups is 1. The monoisotopic (exact) mass is 394 g/mol. The van der Waals surface area contributed by atoms with Crippen LogP contribution in [0.2, 0.25) is 10.0 Å². The van der Waals surface area contributed by atoms with Gasteiger partial charge in [-0.3, -0.25) is 4.79 Å². The van der Waals surface area contributed by atoms with Gasteiger partial charge < -0.3 is 15.4 Å². The van der Waals surface area contributed by atoms with Crippen LogP contribution < -0.4 is 15.4 Å². The molecule has 24 heavy (non-hydrogen) atoms. The fraction of sp³-hybridized carbons (Fsp3) is 0.588. The van der Waals surface area contributed by atoms with Gasteiger partial charge in [0.25, 0.3) is 0 Å². The molecule has 0 aromatic heterocycles. The molecule has 1 amide bonds. The molecule has 2 N–H and O–H groups in total. The molecule has 1 unspecified atom stereocenters. The standard InChI is InChI=1S/C17H24Cl2N2O2.ClH/c18-14-5-1-6-15(17(14)19)23-11-3-7-16(22)21-10-8-13-4-2-9-20-12-13;/h1,5-6,13,20H,2-4,7-12H2,(H,21,22);1H. The zero-order valence-corrected chi connectivity index (χ0v) is 16.0. The summed E-state index contributed by atoms with van der Waals surface area (Å²) in [7, 11) is 0. The molecule has 0 aliphatic carbocycles. The summed E-state index contributed by atoms with van der Waals surface area (Å²) in [5.74, 6) is 1.33. The lowest BCUT2D eigenvalue weighted by Gasteiger charge is -2.22. The lowest BCUT2D eigenvalue weighted by molar-refractivity contribution is -0.121. The zero-order valence-electron chi connectivity index (χ0n) is 13.7. The SMILES string of the molecule is Cl.O=C(CCCOc1cccc(Cl)c1Cl)NCCC1CCCNC1. The van der Waals surface area contributed by atoms with Crippen LogP contribution in [0.5, 0.6) is 5.75 Å². The molecule has 0 spiro atoms. The van der Waals surface area contributed by atoms with E-state index in [1.807, 2.05) is 0 Å². The van der Waals surface area contributed by atoms with Crippen molar-refractivity contribution in [1.82, 2.24) is 10.6 Å². The van der Waals surface area contributed by atoms with E-state index in [1.165, 1.54) is 12.8 Å². The van der Waals surface area contributed by atoms with Crippen LogP contribution in [0.1, 0.15) is 32.1 Å². The van der Waals surface area contributed by atoms with Crippen molar-refractivity contribution in [2.75, 3.05) is 26.2 Å². The lowest BCUT2D eigenvalue weighted by atomic mass is 9.96. The quantitative estimate of drug-likeness (QED) is 0.652. The van der Waals surface area contributed by atoms with Crippen molar-refractivity contribution in [3.63, 3.8) is 0 Å². The second-order valence-electron chi connectivity index (χ2n) is 5.85. The van der Waals surface area contributed by atoms with Crippen LogP contribution in [0.25, 0.3) is 0 Å². The number of halogens is 3. The van der Waals surface area contributed by atoms with Crippen molar-refractivity contribution in [3.8, 4) is 5.75 Å². The Kier molecular flexibility index (Phi) is 10.5. The molecular formula is C17H25Cl3N2O2. The van der Waals surface area contributed by atoms with E-state index in [-0.39, 0.29) is 18.3 Å². The van der Waals surface area contributed by atoms with Crippen molar-refractivity contribution < 1.29 is 9.53 Å². The minimum absolute atomic E-state index is 0. The summed E-state index contributed by atoms with van der Waals surface area (Å²) in [4.78, 5) is 11.8. The highest BCUT2D eigenvalue weighted by atomic mass is 35.5. The summed E-state index contributed by atoms with van der Waals surface area (Å²) in [6, 6.07) is 5.27. The maximum atomic E-state index is 11.8.